The fourth-order valence-electron chi connectivity index (χ4n) is 6.66. The second-order valence-electron chi connectivity index (χ2n) is 10.8. The normalized spacial score (nSPS) is 26.6. The van der Waals surface area contributed by atoms with Crippen LogP contribution >= 0.6 is 12.4 Å². The van der Waals surface area contributed by atoms with Gasteiger partial charge >= 0.3 is 0 Å². The number of carbonyl (C=O) groups is 2. The summed E-state index contributed by atoms with van der Waals surface area (Å²) >= 11 is 0. The Morgan fingerprint density at radius 1 is 1.09 bits per heavy atom. The van der Waals surface area contributed by atoms with Gasteiger partial charge in [0.1, 0.15) is 0 Å². The number of likely N-dealkylation sites (tertiary alicyclic amines) is 1. The summed E-state index contributed by atoms with van der Waals surface area (Å²) in [6.45, 7) is 8.51. The van der Waals surface area contributed by atoms with Gasteiger partial charge in [0.15, 0.2) is 0 Å². The number of aromatic nitrogens is 1. The van der Waals surface area contributed by atoms with Crippen LogP contribution in [-0.4, -0.2) is 41.3 Å². The van der Waals surface area contributed by atoms with Crippen molar-refractivity contribution < 1.29 is 9.59 Å². The van der Waals surface area contributed by atoms with Crippen molar-refractivity contribution in [2.45, 2.75) is 52.5 Å². The standard InChI is InChI=1S/C28H34N4O2.ClH/c1-16-24(15-32-13-20-4-3-5-21(20)14-32)17(2)30-26(16)12-23-22-11-18(6-7-25(22)31-28(23)34)10-19-8-9-29-27(19)33;/h6-7,11-12,19-21,30H,3-5,8-10,13-15H2,1-2H3,(H,29,33)(H,31,34);1H/t19?,20-,21+;. The van der Waals surface area contributed by atoms with E-state index >= 15 is 0 Å². The molecule has 186 valence electrons. The number of aromatic amines is 1. The van der Waals surface area contributed by atoms with Crippen LogP contribution in [0, 0.1) is 31.6 Å². The van der Waals surface area contributed by atoms with Gasteiger partial charge in [-0.05, 0) is 86.3 Å². The van der Waals surface area contributed by atoms with E-state index in [1.165, 1.54) is 49.2 Å². The number of anilines is 1. The van der Waals surface area contributed by atoms with Gasteiger partial charge in [-0.15, -0.1) is 12.4 Å². The van der Waals surface area contributed by atoms with Crippen LogP contribution in [0.1, 0.15) is 59.3 Å². The molecule has 2 amide bonds. The lowest BCUT2D eigenvalue weighted by molar-refractivity contribution is -0.122. The molecule has 2 saturated heterocycles. The van der Waals surface area contributed by atoms with Gasteiger partial charge in [-0.1, -0.05) is 12.5 Å². The minimum atomic E-state index is -0.0636. The summed E-state index contributed by atoms with van der Waals surface area (Å²) in [6, 6.07) is 6.08. The SMILES string of the molecule is Cc1[nH]c(C=C2C(=O)Nc3ccc(CC4CCNC4=O)cc32)c(C)c1CN1C[C@H]2CCC[C@H]2C1.Cl. The smallest absolute Gasteiger partial charge is 0.256 e. The zero-order chi connectivity index (χ0) is 23.4. The van der Waals surface area contributed by atoms with E-state index in [0.717, 1.165) is 53.9 Å². The number of hydrogen-bond acceptors (Lipinski definition) is 3. The van der Waals surface area contributed by atoms with Crippen LogP contribution < -0.4 is 10.6 Å². The van der Waals surface area contributed by atoms with E-state index in [1.54, 1.807) is 0 Å². The van der Waals surface area contributed by atoms with E-state index < -0.39 is 0 Å². The second-order valence-corrected chi connectivity index (χ2v) is 10.8. The summed E-state index contributed by atoms with van der Waals surface area (Å²) in [4.78, 5) is 31.1. The van der Waals surface area contributed by atoms with E-state index in [-0.39, 0.29) is 30.1 Å². The summed E-state index contributed by atoms with van der Waals surface area (Å²) in [5.74, 6) is 1.88. The molecule has 1 aromatic heterocycles. The second kappa shape index (κ2) is 9.47. The van der Waals surface area contributed by atoms with Crippen LogP contribution in [0.4, 0.5) is 5.69 Å². The van der Waals surface area contributed by atoms with Gasteiger partial charge in [0.2, 0.25) is 5.91 Å². The Kier molecular flexibility index (Phi) is 6.53. The molecule has 1 saturated carbocycles. The number of amides is 2. The van der Waals surface area contributed by atoms with E-state index in [2.05, 4.69) is 40.4 Å². The molecule has 4 heterocycles. The zero-order valence-electron chi connectivity index (χ0n) is 20.6. The predicted molar refractivity (Wildman–Crippen MR) is 141 cm³/mol. The molecule has 35 heavy (non-hydrogen) atoms. The van der Waals surface area contributed by atoms with Crippen LogP contribution in [0.15, 0.2) is 18.2 Å². The zero-order valence-corrected chi connectivity index (χ0v) is 21.4. The maximum atomic E-state index is 12.9. The molecule has 7 heteroatoms. The molecule has 3 fully saturated rings. The monoisotopic (exact) mass is 494 g/mol. The van der Waals surface area contributed by atoms with Crippen molar-refractivity contribution in [2.75, 3.05) is 25.0 Å². The van der Waals surface area contributed by atoms with Crippen LogP contribution in [0.25, 0.3) is 11.6 Å². The van der Waals surface area contributed by atoms with Crippen molar-refractivity contribution in [3.8, 4) is 0 Å². The molecular weight excluding hydrogens is 460 g/mol. The number of aryl methyl sites for hydroxylation is 1. The third-order valence-electron chi connectivity index (χ3n) is 8.62. The summed E-state index contributed by atoms with van der Waals surface area (Å²) in [7, 11) is 0. The van der Waals surface area contributed by atoms with Crippen molar-refractivity contribution in [3.05, 3.63) is 51.8 Å². The van der Waals surface area contributed by atoms with E-state index in [4.69, 9.17) is 0 Å². The fourth-order valence-corrected chi connectivity index (χ4v) is 6.66. The molecule has 0 spiro atoms. The highest BCUT2D eigenvalue weighted by molar-refractivity contribution is 6.34. The first-order valence-corrected chi connectivity index (χ1v) is 12.8. The quantitative estimate of drug-likeness (QED) is 0.537. The Morgan fingerprint density at radius 2 is 1.86 bits per heavy atom. The average Bonchev–Trinajstić information content (AvgIpc) is 3.60. The number of hydrogen-bond donors (Lipinski definition) is 3. The highest BCUT2D eigenvalue weighted by atomic mass is 35.5. The first kappa shape index (κ1) is 24.1. The van der Waals surface area contributed by atoms with Gasteiger partial charge in [0.05, 0.1) is 5.57 Å². The molecule has 3 atom stereocenters. The number of rotatable bonds is 5. The molecule has 1 aromatic carbocycles. The minimum absolute atomic E-state index is 0. The van der Waals surface area contributed by atoms with Crippen LogP contribution in [0.2, 0.25) is 0 Å². The summed E-state index contributed by atoms with van der Waals surface area (Å²) in [5.41, 5.74) is 8.39. The molecular formula is C28H35ClN4O2. The lowest BCUT2D eigenvalue weighted by atomic mass is 9.95. The fraction of sp³-hybridized carbons (Fsp3) is 0.500. The van der Waals surface area contributed by atoms with E-state index in [9.17, 15) is 9.59 Å². The van der Waals surface area contributed by atoms with Crippen molar-refractivity contribution in [1.82, 2.24) is 15.2 Å². The Morgan fingerprint density at radius 3 is 2.57 bits per heavy atom. The molecule has 0 radical (unpaired) electrons. The minimum Gasteiger partial charge on any atom is -0.359 e. The first-order valence-electron chi connectivity index (χ1n) is 12.8. The number of fused-ring (bicyclic) bond motifs is 2. The van der Waals surface area contributed by atoms with Crippen LogP contribution in [0.3, 0.4) is 0 Å². The summed E-state index contributed by atoms with van der Waals surface area (Å²) in [5, 5.41) is 5.93. The van der Waals surface area contributed by atoms with Crippen LogP contribution in [-0.2, 0) is 22.6 Å². The lowest BCUT2D eigenvalue weighted by Gasteiger charge is -2.17. The average molecular weight is 495 g/mol. The largest absolute Gasteiger partial charge is 0.359 e. The number of halogens is 1. The van der Waals surface area contributed by atoms with Crippen LogP contribution in [0.5, 0.6) is 0 Å². The topological polar surface area (TPSA) is 77.2 Å². The number of benzene rings is 1. The predicted octanol–water partition coefficient (Wildman–Crippen LogP) is 4.46. The van der Waals surface area contributed by atoms with Gasteiger partial charge in [0, 0.05) is 54.7 Å². The molecule has 4 aliphatic rings. The third kappa shape index (κ3) is 4.43. The molecule has 1 aliphatic carbocycles. The van der Waals surface area contributed by atoms with Gasteiger partial charge in [-0.3, -0.25) is 14.5 Å². The summed E-state index contributed by atoms with van der Waals surface area (Å²) in [6.07, 6.45) is 7.79. The molecule has 3 aliphatic heterocycles. The highest BCUT2D eigenvalue weighted by Crippen LogP contribution is 2.39. The van der Waals surface area contributed by atoms with E-state index in [0.29, 0.717) is 12.0 Å². The Bertz CT molecular complexity index is 1190. The highest BCUT2D eigenvalue weighted by Gasteiger charge is 2.36. The summed E-state index contributed by atoms with van der Waals surface area (Å²) < 4.78 is 0. The maximum absolute atomic E-state index is 12.9. The van der Waals surface area contributed by atoms with Crippen molar-refractivity contribution in [2.24, 2.45) is 17.8 Å². The third-order valence-corrected chi connectivity index (χ3v) is 8.62. The van der Waals surface area contributed by atoms with Gasteiger partial charge in [0.25, 0.3) is 5.91 Å². The molecule has 0 bridgehead atoms. The van der Waals surface area contributed by atoms with Crippen molar-refractivity contribution in [1.29, 1.82) is 0 Å². The number of carbonyl (C=O) groups excluding carboxylic acids is 2. The Hall–Kier alpha value is -2.57. The number of nitrogens with zero attached hydrogens (tertiary/aromatic N) is 1. The maximum Gasteiger partial charge on any atom is 0.256 e. The Labute approximate surface area is 213 Å². The molecule has 6 nitrogen and oxygen atoms in total. The molecule has 3 N–H and O–H groups in total. The lowest BCUT2D eigenvalue weighted by Crippen LogP contribution is -2.21. The number of H-pyrrole nitrogens is 1. The molecule has 1 unspecified atom stereocenters. The molecule has 2 aromatic rings. The van der Waals surface area contributed by atoms with Gasteiger partial charge < -0.3 is 15.6 Å². The van der Waals surface area contributed by atoms with Crippen molar-refractivity contribution in [3.63, 3.8) is 0 Å². The van der Waals surface area contributed by atoms with Gasteiger partial charge in [-0.25, -0.2) is 0 Å². The Balaban J connectivity index is 0.00000253. The van der Waals surface area contributed by atoms with E-state index in [1.807, 2.05) is 18.2 Å². The first-order chi connectivity index (χ1) is 16.5. The van der Waals surface area contributed by atoms with Gasteiger partial charge in [-0.2, -0.15) is 0 Å². The van der Waals surface area contributed by atoms with Crippen molar-refractivity contribution >= 4 is 41.6 Å². The number of nitrogens with one attached hydrogen (secondary N) is 3. The molecule has 6 rings (SSSR count).